The van der Waals surface area contributed by atoms with Crippen molar-refractivity contribution in [3.8, 4) is 5.75 Å². The van der Waals surface area contributed by atoms with E-state index >= 15 is 0 Å². The van der Waals surface area contributed by atoms with Gasteiger partial charge in [0.2, 0.25) is 0 Å². The molecule has 1 aliphatic heterocycles. The number of carboxylic acids is 2. The number of aliphatic carboxylic acids is 2. The van der Waals surface area contributed by atoms with Crippen molar-refractivity contribution in [1.29, 1.82) is 0 Å². The summed E-state index contributed by atoms with van der Waals surface area (Å²) in [5, 5.41) is 14.8. The molecule has 0 bridgehead atoms. The van der Waals surface area contributed by atoms with Crippen molar-refractivity contribution in [1.82, 2.24) is 4.90 Å². The summed E-state index contributed by atoms with van der Waals surface area (Å²) in [6, 6.07) is 7.45. The molecule has 7 nitrogen and oxygen atoms in total. The van der Waals surface area contributed by atoms with Crippen LogP contribution in [0.4, 0.5) is 0 Å². The van der Waals surface area contributed by atoms with Gasteiger partial charge in [0.1, 0.15) is 5.75 Å². The standard InChI is InChI=1S/C14H19NO2.C2H2O4/c1-15-8-6-11(7-9-15)14(16)12-4-3-5-13(10-12)17-2;3-1(4)2(5)6/h3-5,10-11H,6-9H2,1-2H3;(H,3,4)(H,5,6). The second-order valence-corrected chi connectivity index (χ2v) is 5.28. The Morgan fingerprint density at radius 3 is 2.17 bits per heavy atom. The van der Waals surface area contributed by atoms with Crippen LogP contribution in [0.25, 0.3) is 0 Å². The minimum absolute atomic E-state index is 0.179. The Morgan fingerprint density at radius 2 is 1.70 bits per heavy atom. The highest BCUT2D eigenvalue weighted by Gasteiger charge is 2.24. The molecule has 1 saturated heterocycles. The van der Waals surface area contributed by atoms with Crippen molar-refractivity contribution in [2.24, 2.45) is 5.92 Å². The zero-order chi connectivity index (χ0) is 17.4. The van der Waals surface area contributed by atoms with Crippen LogP contribution in [0.5, 0.6) is 5.75 Å². The number of hydrogen-bond acceptors (Lipinski definition) is 5. The predicted octanol–water partition coefficient (Wildman–Crippen LogP) is 1.38. The first-order valence-corrected chi connectivity index (χ1v) is 7.18. The quantitative estimate of drug-likeness (QED) is 0.639. The number of Topliss-reactive ketones (excluding diaryl/α,β-unsaturated/α-hetero) is 1. The molecule has 1 fully saturated rings. The van der Waals surface area contributed by atoms with E-state index in [2.05, 4.69) is 11.9 Å². The molecule has 1 aromatic rings. The molecule has 126 valence electrons. The van der Waals surface area contributed by atoms with Crippen molar-refractivity contribution in [3.05, 3.63) is 29.8 Å². The first kappa shape index (κ1) is 18.6. The van der Waals surface area contributed by atoms with E-state index in [4.69, 9.17) is 24.5 Å². The van der Waals surface area contributed by atoms with Crippen LogP contribution in [-0.2, 0) is 9.59 Å². The predicted molar refractivity (Wildman–Crippen MR) is 82.8 cm³/mol. The van der Waals surface area contributed by atoms with E-state index in [-0.39, 0.29) is 11.7 Å². The number of likely N-dealkylation sites (tertiary alicyclic amines) is 1. The lowest BCUT2D eigenvalue weighted by Gasteiger charge is -2.28. The third-order valence-corrected chi connectivity index (χ3v) is 3.63. The molecule has 0 atom stereocenters. The molecule has 2 N–H and O–H groups in total. The molecule has 23 heavy (non-hydrogen) atoms. The van der Waals surface area contributed by atoms with Gasteiger partial charge in [-0.05, 0) is 45.1 Å². The number of ether oxygens (including phenoxy) is 1. The van der Waals surface area contributed by atoms with Gasteiger partial charge in [-0.2, -0.15) is 0 Å². The Kier molecular flexibility index (Phi) is 7.21. The highest BCUT2D eigenvalue weighted by molar-refractivity contribution is 6.27. The molecule has 2 rings (SSSR count). The fourth-order valence-electron chi connectivity index (χ4n) is 2.28. The number of piperidine rings is 1. The van der Waals surface area contributed by atoms with Crippen molar-refractivity contribution < 1.29 is 29.3 Å². The number of ketones is 1. The van der Waals surface area contributed by atoms with Gasteiger partial charge in [-0.3, -0.25) is 4.79 Å². The van der Waals surface area contributed by atoms with Gasteiger partial charge in [-0.1, -0.05) is 12.1 Å². The number of benzene rings is 1. The Hall–Kier alpha value is -2.41. The number of methoxy groups -OCH3 is 1. The smallest absolute Gasteiger partial charge is 0.414 e. The lowest BCUT2D eigenvalue weighted by atomic mass is 9.89. The lowest BCUT2D eigenvalue weighted by molar-refractivity contribution is -0.159. The van der Waals surface area contributed by atoms with Gasteiger partial charge in [0.25, 0.3) is 0 Å². The maximum absolute atomic E-state index is 12.3. The molecule has 0 aromatic heterocycles. The average molecular weight is 323 g/mol. The second-order valence-electron chi connectivity index (χ2n) is 5.28. The van der Waals surface area contributed by atoms with Crippen LogP contribution in [0.15, 0.2) is 24.3 Å². The van der Waals surface area contributed by atoms with Gasteiger partial charge in [-0.25, -0.2) is 9.59 Å². The Labute approximate surface area is 134 Å². The van der Waals surface area contributed by atoms with Crippen LogP contribution in [-0.4, -0.2) is 60.1 Å². The number of nitrogens with zero attached hydrogens (tertiary/aromatic N) is 1. The molecule has 1 aromatic carbocycles. The average Bonchev–Trinajstić information content (AvgIpc) is 2.55. The van der Waals surface area contributed by atoms with E-state index in [0.717, 1.165) is 37.2 Å². The third kappa shape index (κ3) is 6.07. The zero-order valence-electron chi connectivity index (χ0n) is 13.2. The maximum atomic E-state index is 12.3. The Morgan fingerprint density at radius 1 is 1.13 bits per heavy atom. The molecule has 0 saturated carbocycles. The van der Waals surface area contributed by atoms with Gasteiger partial charge in [-0.15, -0.1) is 0 Å². The largest absolute Gasteiger partial charge is 0.497 e. The molecule has 0 amide bonds. The highest BCUT2D eigenvalue weighted by atomic mass is 16.5. The summed E-state index contributed by atoms with van der Waals surface area (Å²) in [6.07, 6.45) is 1.93. The molecular formula is C16H21NO6. The Balaban J connectivity index is 0.000000379. The van der Waals surface area contributed by atoms with Crippen molar-refractivity contribution in [3.63, 3.8) is 0 Å². The van der Waals surface area contributed by atoms with E-state index in [0.29, 0.717) is 0 Å². The fraction of sp³-hybridized carbons (Fsp3) is 0.438. The molecule has 0 aliphatic carbocycles. The summed E-state index contributed by atoms with van der Waals surface area (Å²) in [4.78, 5) is 32.8. The molecular weight excluding hydrogens is 302 g/mol. The van der Waals surface area contributed by atoms with Crippen molar-refractivity contribution in [2.45, 2.75) is 12.8 Å². The fourth-order valence-corrected chi connectivity index (χ4v) is 2.28. The van der Waals surface area contributed by atoms with Crippen molar-refractivity contribution in [2.75, 3.05) is 27.2 Å². The van der Waals surface area contributed by atoms with Crippen LogP contribution in [0.2, 0.25) is 0 Å². The summed E-state index contributed by atoms with van der Waals surface area (Å²) in [6.45, 7) is 2.03. The zero-order valence-corrected chi connectivity index (χ0v) is 13.2. The van der Waals surface area contributed by atoms with E-state index in [1.807, 2.05) is 24.3 Å². The molecule has 0 radical (unpaired) electrons. The minimum atomic E-state index is -1.82. The van der Waals surface area contributed by atoms with Crippen LogP contribution in [0, 0.1) is 5.92 Å². The monoisotopic (exact) mass is 323 g/mol. The molecule has 0 unspecified atom stereocenters. The van der Waals surface area contributed by atoms with Crippen molar-refractivity contribution >= 4 is 17.7 Å². The summed E-state index contributed by atoms with van der Waals surface area (Å²) >= 11 is 0. The minimum Gasteiger partial charge on any atom is -0.497 e. The maximum Gasteiger partial charge on any atom is 0.414 e. The van der Waals surface area contributed by atoms with Gasteiger partial charge in [0, 0.05) is 11.5 Å². The first-order valence-electron chi connectivity index (χ1n) is 7.18. The number of rotatable bonds is 3. The molecule has 7 heteroatoms. The summed E-state index contributed by atoms with van der Waals surface area (Å²) in [7, 11) is 3.73. The van der Waals surface area contributed by atoms with Gasteiger partial charge >= 0.3 is 11.9 Å². The first-order chi connectivity index (χ1) is 10.8. The SMILES string of the molecule is COc1cccc(C(=O)C2CCN(C)CC2)c1.O=C(O)C(=O)O. The normalized spacial score (nSPS) is 15.2. The number of carboxylic acid groups (broad SMARTS) is 2. The number of hydrogen-bond donors (Lipinski definition) is 2. The Bertz CT molecular complexity index is 551. The van der Waals surface area contributed by atoms with E-state index < -0.39 is 11.9 Å². The van der Waals surface area contributed by atoms with Gasteiger partial charge < -0.3 is 19.8 Å². The number of carbonyl (C=O) groups excluding carboxylic acids is 1. The van der Waals surface area contributed by atoms with E-state index in [9.17, 15) is 4.79 Å². The summed E-state index contributed by atoms with van der Waals surface area (Å²) in [5.41, 5.74) is 0.777. The van der Waals surface area contributed by atoms with E-state index in [1.165, 1.54) is 0 Å². The summed E-state index contributed by atoms with van der Waals surface area (Å²) in [5.74, 6) is -2.45. The number of carbonyl (C=O) groups is 3. The lowest BCUT2D eigenvalue weighted by Crippen LogP contribution is -2.33. The van der Waals surface area contributed by atoms with Crippen LogP contribution >= 0.6 is 0 Å². The van der Waals surface area contributed by atoms with Gasteiger partial charge in [0.05, 0.1) is 7.11 Å². The molecule has 1 aliphatic rings. The third-order valence-electron chi connectivity index (χ3n) is 3.63. The molecule has 1 heterocycles. The topological polar surface area (TPSA) is 104 Å². The van der Waals surface area contributed by atoms with Gasteiger partial charge in [0.15, 0.2) is 5.78 Å². The second kappa shape index (κ2) is 8.89. The summed E-state index contributed by atoms with van der Waals surface area (Å²) < 4.78 is 5.15. The van der Waals surface area contributed by atoms with Crippen LogP contribution < -0.4 is 4.74 Å². The van der Waals surface area contributed by atoms with E-state index in [1.54, 1.807) is 7.11 Å². The molecule has 0 spiro atoms. The highest BCUT2D eigenvalue weighted by Crippen LogP contribution is 2.22. The van der Waals surface area contributed by atoms with Crippen LogP contribution in [0.3, 0.4) is 0 Å². The van der Waals surface area contributed by atoms with Crippen LogP contribution in [0.1, 0.15) is 23.2 Å².